The molecule has 4 aromatic rings. The van der Waals surface area contributed by atoms with Crippen molar-refractivity contribution in [2.24, 2.45) is 0 Å². The molecule has 0 unspecified atom stereocenters. The summed E-state index contributed by atoms with van der Waals surface area (Å²) in [6.45, 7) is 0. The number of amides is 1. The Kier molecular flexibility index (Phi) is 6.33. The van der Waals surface area contributed by atoms with Gasteiger partial charge in [-0.05, 0) is 30.3 Å². The maximum absolute atomic E-state index is 13.1. The van der Waals surface area contributed by atoms with E-state index in [2.05, 4.69) is 20.5 Å². The lowest BCUT2D eigenvalue weighted by Gasteiger charge is -2.13. The lowest BCUT2D eigenvalue weighted by atomic mass is 10.2. The second kappa shape index (κ2) is 9.33. The van der Waals surface area contributed by atoms with Gasteiger partial charge in [-0.3, -0.25) is 19.3 Å². The first-order valence-corrected chi connectivity index (χ1v) is 10.7. The van der Waals surface area contributed by atoms with Crippen molar-refractivity contribution in [3.05, 3.63) is 64.0 Å². The second-order valence-corrected chi connectivity index (χ2v) is 7.93. The Balaban J connectivity index is 1.61. The maximum Gasteiger partial charge on any atom is 0.269 e. The quantitative estimate of drug-likeness (QED) is 0.313. The molecular formula is C21H18ClN5O4S. The van der Waals surface area contributed by atoms with Gasteiger partial charge in [0.1, 0.15) is 16.9 Å². The first-order valence-electron chi connectivity index (χ1n) is 9.37. The van der Waals surface area contributed by atoms with Crippen LogP contribution in [0.2, 0.25) is 5.02 Å². The summed E-state index contributed by atoms with van der Waals surface area (Å²) >= 11 is 7.23. The number of thioether (sulfide) groups is 1. The highest BCUT2D eigenvalue weighted by molar-refractivity contribution is 7.99. The van der Waals surface area contributed by atoms with Gasteiger partial charge >= 0.3 is 0 Å². The van der Waals surface area contributed by atoms with Gasteiger partial charge in [0.2, 0.25) is 5.91 Å². The largest absolute Gasteiger partial charge is 0.497 e. The van der Waals surface area contributed by atoms with Gasteiger partial charge in [-0.2, -0.15) is 5.10 Å². The Hall–Kier alpha value is -3.50. The minimum Gasteiger partial charge on any atom is -0.497 e. The fourth-order valence-electron chi connectivity index (χ4n) is 3.03. The average Bonchev–Trinajstić information content (AvgIpc) is 3.27. The number of anilines is 1. The highest BCUT2D eigenvalue weighted by Gasteiger charge is 2.17. The number of fused-ring (bicyclic) bond motifs is 1. The number of methoxy groups -OCH3 is 2. The molecule has 0 atom stereocenters. The zero-order chi connectivity index (χ0) is 22.7. The van der Waals surface area contributed by atoms with Crippen molar-refractivity contribution in [3.8, 4) is 17.2 Å². The molecule has 2 N–H and O–H groups in total. The number of aromatic nitrogens is 4. The predicted molar refractivity (Wildman–Crippen MR) is 123 cm³/mol. The number of carbonyl (C=O) groups excluding carboxylic acids is 1. The topological polar surface area (TPSA) is 111 Å². The zero-order valence-corrected chi connectivity index (χ0v) is 18.7. The summed E-state index contributed by atoms with van der Waals surface area (Å²) in [6, 6.07) is 11.9. The van der Waals surface area contributed by atoms with E-state index in [1.54, 1.807) is 49.6 Å². The Labute approximate surface area is 191 Å². The van der Waals surface area contributed by atoms with Crippen LogP contribution in [0.4, 0.5) is 5.69 Å². The molecule has 32 heavy (non-hydrogen) atoms. The molecule has 11 heteroatoms. The van der Waals surface area contributed by atoms with Crippen LogP contribution >= 0.6 is 23.4 Å². The minimum absolute atomic E-state index is 0.00182. The lowest BCUT2D eigenvalue weighted by molar-refractivity contribution is -0.113. The minimum atomic E-state index is -0.314. The monoisotopic (exact) mass is 471 g/mol. The van der Waals surface area contributed by atoms with E-state index in [9.17, 15) is 9.59 Å². The van der Waals surface area contributed by atoms with Gasteiger partial charge in [-0.15, -0.1) is 0 Å². The molecule has 164 valence electrons. The van der Waals surface area contributed by atoms with Crippen LogP contribution in [0, 0.1) is 0 Å². The van der Waals surface area contributed by atoms with E-state index in [1.807, 2.05) is 0 Å². The summed E-state index contributed by atoms with van der Waals surface area (Å²) in [7, 11) is 3.05. The maximum atomic E-state index is 13.1. The summed E-state index contributed by atoms with van der Waals surface area (Å²) < 4.78 is 11.9. The normalized spacial score (nSPS) is 10.8. The van der Waals surface area contributed by atoms with E-state index in [0.717, 1.165) is 11.8 Å². The van der Waals surface area contributed by atoms with Crippen LogP contribution in [-0.4, -0.2) is 45.6 Å². The molecule has 4 rings (SSSR count). The third-order valence-electron chi connectivity index (χ3n) is 4.53. The van der Waals surface area contributed by atoms with Gasteiger partial charge < -0.3 is 14.8 Å². The molecule has 0 spiro atoms. The number of ether oxygens (including phenoxy) is 2. The summed E-state index contributed by atoms with van der Waals surface area (Å²) in [5, 5.41) is 10.5. The first kappa shape index (κ1) is 21.7. The van der Waals surface area contributed by atoms with E-state index >= 15 is 0 Å². The van der Waals surface area contributed by atoms with Crippen LogP contribution in [0.15, 0.2) is 58.6 Å². The van der Waals surface area contributed by atoms with E-state index in [4.69, 9.17) is 21.1 Å². The Morgan fingerprint density at radius 3 is 2.81 bits per heavy atom. The van der Waals surface area contributed by atoms with Crippen molar-refractivity contribution in [1.29, 1.82) is 0 Å². The van der Waals surface area contributed by atoms with Crippen LogP contribution in [-0.2, 0) is 4.79 Å². The summed E-state index contributed by atoms with van der Waals surface area (Å²) in [4.78, 5) is 30.2. The van der Waals surface area contributed by atoms with Crippen molar-refractivity contribution in [2.75, 3.05) is 25.3 Å². The van der Waals surface area contributed by atoms with E-state index in [-0.39, 0.29) is 17.2 Å². The van der Waals surface area contributed by atoms with E-state index < -0.39 is 0 Å². The number of H-pyrrole nitrogens is 1. The van der Waals surface area contributed by atoms with Gasteiger partial charge in [0.25, 0.3) is 5.56 Å². The number of hydrogen-bond acceptors (Lipinski definition) is 7. The molecule has 0 saturated heterocycles. The Morgan fingerprint density at radius 1 is 1.22 bits per heavy atom. The summed E-state index contributed by atoms with van der Waals surface area (Å²) in [6.07, 6.45) is 1.42. The number of nitrogens with one attached hydrogen (secondary N) is 2. The van der Waals surface area contributed by atoms with Crippen LogP contribution < -0.4 is 20.3 Å². The predicted octanol–water partition coefficient (Wildman–Crippen LogP) is 3.51. The molecule has 0 bridgehead atoms. The molecule has 0 fully saturated rings. The highest BCUT2D eigenvalue weighted by Crippen LogP contribution is 2.29. The summed E-state index contributed by atoms with van der Waals surface area (Å²) in [5.41, 5.74) is 1.07. The van der Waals surface area contributed by atoms with Crippen molar-refractivity contribution in [2.45, 2.75) is 5.16 Å². The van der Waals surface area contributed by atoms with Gasteiger partial charge in [-0.25, -0.2) is 4.98 Å². The third kappa shape index (κ3) is 4.41. The molecule has 0 aliphatic rings. The van der Waals surface area contributed by atoms with Gasteiger partial charge in [-0.1, -0.05) is 29.4 Å². The molecule has 2 aromatic carbocycles. The number of aromatic amines is 1. The first-order chi connectivity index (χ1) is 15.5. The van der Waals surface area contributed by atoms with Crippen LogP contribution in [0.1, 0.15) is 0 Å². The third-order valence-corrected chi connectivity index (χ3v) is 5.71. The Bertz CT molecular complexity index is 1350. The smallest absolute Gasteiger partial charge is 0.269 e. The molecule has 2 aromatic heterocycles. The van der Waals surface area contributed by atoms with Crippen molar-refractivity contribution < 1.29 is 14.3 Å². The number of benzene rings is 2. The number of hydrogen-bond donors (Lipinski definition) is 2. The second-order valence-electron chi connectivity index (χ2n) is 6.55. The van der Waals surface area contributed by atoms with Gasteiger partial charge in [0, 0.05) is 11.1 Å². The fraction of sp³-hybridized carbons (Fsp3) is 0.143. The molecule has 2 heterocycles. The number of halogens is 1. The van der Waals surface area contributed by atoms with E-state index in [0.29, 0.717) is 44.1 Å². The van der Waals surface area contributed by atoms with Gasteiger partial charge in [0.05, 0.1) is 37.5 Å². The molecule has 0 saturated carbocycles. The van der Waals surface area contributed by atoms with E-state index in [1.165, 1.54) is 17.9 Å². The number of rotatable bonds is 7. The van der Waals surface area contributed by atoms with Crippen molar-refractivity contribution in [1.82, 2.24) is 19.7 Å². The average molecular weight is 472 g/mol. The molecule has 9 nitrogen and oxygen atoms in total. The van der Waals surface area contributed by atoms with Crippen molar-refractivity contribution >= 4 is 46.0 Å². The highest BCUT2D eigenvalue weighted by atomic mass is 35.5. The van der Waals surface area contributed by atoms with Crippen LogP contribution in [0.5, 0.6) is 11.5 Å². The zero-order valence-electron chi connectivity index (χ0n) is 17.1. The number of carbonyl (C=O) groups is 1. The molecular weight excluding hydrogens is 454 g/mol. The lowest BCUT2D eigenvalue weighted by Crippen LogP contribution is -2.22. The van der Waals surface area contributed by atoms with Gasteiger partial charge in [0.15, 0.2) is 10.8 Å². The van der Waals surface area contributed by atoms with Crippen molar-refractivity contribution in [3.63, 3.8) is 0 Å². The van der Waals surface area contributed by atoms with Crippen LogP contribution in [0.25, 0.3) is 16.7 Å². The SMILES string of the molecule is COc1ccc(NC(=O)CSc2nc3[nH]ncc3c(=O)n2-c2cccc(Cl)c2)c(OC)c1. The standard InChI is InChI=1S/C21H18ClN5O4S/c1-30-14-6-7-16(17(9-14)31-2)24-18(28)11-32-21-25-19-15(10-23-26-19)20(29)27(21)13-5-3-4-12(22)8-13/h3-10H,11H2,1-2H3,(H,23,26)(H,24,28). The molecule has 0 aliphatic carbocycles. The fourth-order valence-corrected chi connectivity index (χ4v) is 4.02. The van der Waals surface area contributed by atoms with Crippen LogP contribution in [0.3, 0.4) is 0 Å². The molecule has 0 radical (unpaired) electrons. The summed E-state index contributed by atoms with van der Waals surface area (Å²) in [5.74, 6) is 0.782. The molecule has 0 aliphatic heterocycles. The number of nitrogens with zero attached hydrogens (tertiary/aromatic N) is 3. The Morgan fingerprint density at radius 2 is 2.06 bits per heavy atom. The molecule has 1 amide bonds.